The Labute approximate surface area is 147 Å². The van der Waals surface area contributed by atoms with E-state index in [0.717, 1.165) is 10.4 Å². The molecule has 1 heterocycles. The van der Waals surface area contributed by atoms with Crippen LogP contribution in [-0.4, -0.2) is 36.1 Å². The summed E-state index contributed by atoms with van der Waals surface area (Å²) in [6.45, 7) is 1.48. The topological polar surface area (TPSA) is 52.6 Å². The number of nitrogens with one attached hydrogen (secondary N) is 1. The van der Waals surface area contributed by atoms with Crippen LogP contribution in [-0.2, 0) is 11.3 Å². The first-order valence-corrected chi connectivity index (χ1v) is 8.26. The molecule has 0 aliphatic heterocycles. The van der Waals surface area contributed by atoms with Gasteiger partial charge in [-0.3, -0.25) is 4.79 Å². The summed E-state index contributed by atoms with van der Waals surface area (Å²) in [5, 5.41) is 15.3. The Bertz CT molecular complexity index is 563. The van der Waals surface area contributed by atoms with Gasteiger partial charge >= 0.3 is 0 Å². The van der Waals surface area contributed by atoms with E-state index in [2.05, 4.69) is 5.32 Å². The van der Waals surface area contributed by atoms with Crippen LogP contribution in [0.3, 0.4) is 0 Å². The highest BCUT2D eigenvalue weighted by Crippen LogP contribution is 2.21. The summed E-state index contributed by atoms with van der Waals surface area (Å²) in [6, 6.07) is 13.7. The number of carbonyl (C=O) groups is 1. The van der Waals surface area contributed by atoms with Gasteiger partial charge in [0.15, 0.2) is 0 Å². The highest BCUT2D eigenvalue weighted by molar-refractivity contribution is 7.10. The molecule has 2 rings (SSSR count). The minimum atomic E-state index is -0.637. The molecule has 0 spiro atoms. The van der Waals surface area contributed by atoms with E-state index in [-0.39, 0.29) is 18.3 Å². The third-order valence-corrected chi connectivity index (χ3v) is 4.40. The van der Waals surface area contributed by atoms with Gasteiger partial charge in [0.2, 0.25) is 5.91 Å². The van der Waals surface area contributed by atoms with Gasteiger partial charge in [-0.05, 0) is 24.1 Å². The number of rotatable bonds is 8. The van der Waals surface area contributed by atoms with Crippen molar-refractivity contribution < 1.29 is 9.90 Å². The SMILES string of the molecule is CNCCC(=O)N(Cc1ccccc1)CC(O)c1cccs1.Cl. The molecule has 0 saturated heterocycles. The third-order valence-electron chi connectivity index (χ3n) is 3.42. The Kier molecular flexibility index (Phi) is 8.87. The van der Waals surface area contributed by atoms with Gasteiger partial charge in [0.05, 0.1) is 6.54 Å². The van der Waals surface area contributed by atoms with Gasteiger partial charge in [-0.1, -0.05) is 36.4 Å². The summed E-state index contributed by atoms with van der Waals surface area (Å²) in [7, 11) is 1.83. The lowest BCUT2D eigenvalue weighted by molar-refractivity contribution is -0.133. The second kappa shape index (κ2) is 10.4. The first-order chi connectivity index (χ1) is 10.7. The maximum absolute atomic E-state index is 12.4. The molecule has 0 fully saturated rings. The van der Waals surface area contributed by atoms with E-state index in [1.807, 2.05) is 54.9 Å². The highest BCUT2D eigenvalue weighted by atomic mass is 35.5. The van der Waals surface area contributed by atoms with Crippen LogP contribution in [0.2, 0.25) is 0 Å². The molecule has 0 bridgehead atoms. The molecule has 1 unspecified atom stereocenters. The number of aliphatic hydroxyl groups is 1. The Morgan fingerprint density at radius 3 is 2.61 bits per heavy atom. The lowest BCUT2D eigenvalue weighted by Crippen LogP contribution is -2.35. The predicted octanol–water partition coefficient (Wildman–Crippen LogP) is 2.84. The fourth-order valence-electron chi connectivity index (χ4n) is 2.23. The van der Waals surface area contributed by atoms with Gasteiger partial charge in [0.25, 0.3) is 0 Å². The second-order valence-electron chi connectivity index (χ2n) is 5.14. The first kappa shape index (κ1) is 19.6. The molecule has 1 aromatic carbocycles. The molecular weight excluding hydrogens is 332 g/mol. The molecule has 2 aromatic rings. The van der Waals surface area contributed by atoms with Crippen LogP contribution in [0.25, 0.3) is 0 Å². The van der Waals surface area contributed by atoms with Gasteiger partial charge in [0.1, 0.15) is 6.10 Å². The maximum Gasteiger partial charge on any atom is 0.224 e. The van der Waals surface area contributed by atoms with Gasteiger partial charge in [-0.25, -0.2) is 0 Å². The van der Waals surface area contributed by atoms with Gasteiger partial charge < -0.3 is 15.3 Å². The zero-order chi connectivity index (χ0) is 15.8. The van der Waals surface area contributed by atoms with E-state index >= 15 is 0 Å². The number of nitrogens with zero attached hydrogens (tertiary/aromatic N) is 1. The van der Waals surface area contributed by atoms with E-state index in [1.54, 1.807) is 4.90 Å². The van der Waals surface area contributed by atoms with Gasteiger partial charge in [0, 0.05) is 24.4 Å². The average Bonchev–Trinajstić information content (AvgIpc) is 3.07. The van der Waals surface area contributed by atoms with Crippen molar-refractivity contribution in [2.75, 3.05) is 20.1 Å². The number of carbonyl (C=O) groups excluding carboxylic acids is 1. The van der Waals surface area contributed by atoms with Crippen LogP contribution >= 0.6 is 23.7 Å². The van der Waals surface area contributed by atoms with E-state index in [0.29, 0.717) is 26.1 Å². The van der Waals surface area contributed by atoms with Crippen molar-refractivity contribution in [2.24, 2.45) is 0 Å². The first-order valence-electron chi connectivity index (χ1n) is 7.38. The number of hydrogen-bond acceptors (Lipinski definition) is 4. The lowest BCUT2D eigenvalue weighted by atomic mass is 10.2. The van der Waals surface area contributed by atoms with Crippen molar-refractivity contribution in [3.63, 3.8) is 0 Å². The van der Waals surface area contributed by atoms with Crippen LogP contribution in [0.4, 0.5) is 0 Å². The highest BCUT2D eigenvalue weighted by Gasteiger charge is 2.19. The molecule has 6 heteroatoms. The van der Waals surface area contributed by atoms with Crippen molar-refractivity contribution in [3.8, 4) is 0 Å². The number of aliphatic hydroxyl groups excluding tert-OH is 1. The molecule has 0 aliphatic rings. The largest absolute Gasteiger partial charge is 0.386 e. The number of hydrogen-bond donors (Lipinski definition) is 2. The summed E-state index contributed by atoms with van der Waals surface area (Å²) >= 11 is 1.51. The number of thiophene rings is 1. The van der Waals surface area contributed by atoms with Crippen LogP contribution in [0.15, 0.2) is 47.8 Å². The van der Waals surface area contributed by atoms with Crippen molar-refractivity contribution in [2.45, 2.75) is 19.1 Å². The van der Waals surface area contributed by atoms with Crippen molar-refractivity contribution in [1.82, 2.24) is 10.2 Å². The Hall–Kier alpha value is -1.40. The molecule has 4 nitrogen and oxygen atoms in total. The van der Waals surface area contributed by atoms with E-state index in [4.69, 9.17) is 0 Å². The van der Waals surface area contributed by atoms with Gasteiger partial charge in [-0.15, -0.1) is 23.7 Å². The van der Waals surface area contributed by atoms with Crippen molar-refractivity contribution >= 4 is 29.7 Å². The normalized spacial score (nSPS) is 11.6. The van der Waals surface area contributed by atoms with Crippen molar-refractivity contribution in [1.29, 1.82) is 0 Å². The molecule has 1 aromatic heterocycles. The molecule has 0 saturated carbocycles. The minimum Gasteiger partial charge on any atom is -0.386 e. The molecule has 0 radical (unpaired) electrons. The van der Waals surface area contributed by atoms with Gasteiger partial charge in [-0.2, -0.15) is 0 Å². The fourth-order valence-corrected chi connectivity index (χ4v) is 2.93. The summed E-state index contributed by atoms with van der Waals surface area (Å²) in [5.74, 6) is 0.0498. The second-order valence-corrected chi connectivity index (χ2v) is 6.12. The van der Waals surface area contributed by atoms with E-state index in [1.165, 1.54) is 11.3 Å². The monoisotopic (exact) mass is 354 g/mol. The van der Waals surface area contributed by atoms with Crippen molar-refractivity contribution in [3.05, 3.63) is 58.3 Å². The minimum absolute atomic E-state index is 0. The third kappa shape index (κ3) is 6.31. The molecule has 126 valence electrons. The fraction of sp³-hybridized carbons (Fsp3) is 0.353. The average molecular weight is 355 g/mol. The Morgan fingerprint density at radius 1 is 1.26 bits per heavy atom. The molecule has 2 N–H and O–H groups in total. The lowest BCUT2D eigenvalue weighted by Gasteiger charge is -2.25. The van der Waals surface area contributed by atoms with Crippen LogP contribution in [0.5, 0.6) is 0 Å². The quantitative estimate of drug-likeness (QED) is 0.766. The van der Waals surface area contributed by atoms with E-state index in [9.17, 15) is 9.90 Å². The molecule has 23 heavy (non-hydrogen) atoms. The number of halogens is 1. The summed E-state index contributed by atoms with van der Waals surface area (Å²) in [5.41, 5.74) is 1.07. The van der Waals surface area contributed by atoms with Crippen LogP contribution < -0.4 is 5.32 Å². The molecular formula is C17H23ClN2O2S. The Morgan fingerprint density at radius 2 is 2.00 bits per heavy atom. The predicted molar refractivity (Wildman–Crippen MR) is 96.9 cm³/mol. The standard InChI is InChI=1S/C17H22N2O2S.ClH/c1-18-10-9-17(21)19(12-14-6-3-2-4-7-14)13-15(20)16-8-5-11-22-16;/h2-8,11,15,18,20H,9-10,12-13H2,1H3;1H. The van der Waals surface area contributed by atoms with Crippen LogP contribution in [0.1, 0.15) is 23.0 Å². The zero-order valence-corrected chi connectivity index (χ0v) is 14.8. The molecule has 1 amide bonds. The smallest absolute Gasteiger partial charge is 0.224 e. The number of benzene rings is 1. The molecule has 0 aliphatic carbocycles. The molecule has 1 atom stereocenters. The summed E-state index contributed by atoms with van der Waals surface area (Å²) in [6.07, 6.45) is -0.206. The zero-order valence-electron chi connectivity index (χ0n) is 13.1. The Balaban J connectivity index is 0.00000264. The summed E-state index contributed by atoms with van der Waals surface area (Å²) < 4.78 is 0. The van der Waals surface area contributed by atoms with Crippen LogP contribution in [0, 0.1) is 0 Å². The maximum atomic E-state index is 12.4. The summed E-state index contributed by atoms with van der Waals surface area (Å²) in [4.78, 5) is 15.0. The number of amides is 1. The van der Waals surface area contributed by atoms with E-state index < -0.39 is 6.10 Å².